The summed E-state index contributed by atoms with van der Waals surface area (Å²) in [5.41, 5.74) is 1.12. The van der Waals surface area contributed by atoms with E-state index in [2.05, 4.69) is 5.10 Å². The maximum atomic E-state index is 12.7. The molecule has 0 saturated heterocycles. The zero-order valence-corrected chi connectivity index (χ0v) is 14.0. The van der Waals surface area contributed by atoms with E-state index in [1.165, 1.54) is 36.1 Å². The Morgan fingerprint density at radius 1 is 1.12 bits per heavy atom. The molecule has 0 aliphatic heterocycles. The molecule has 1 aliphatic rings. The summed E-state index contributed by atoms with van der Waals surface area (Å²) in [4.78, 5) is 26.5. The van der Waals surface area contributed by atoms with Gasteiger partial charge in [0.25, 0.3) is 11.5 Å². The first-order valence-corrected chi connectivity index (χ1v) is 8.54. The lowest BCUT2D eigenvalue weighted by Gasteiger charge is -2.31. The lowest BCUT2D eigenvalue weighted by Crippen LogP contribution is -2.39. The van der Waals surface area contributed by atoms with Gasteiger partial charge in [-0.1, -0.05) is 49.6 Å². The van der Waals surface area contributed by atoms with Crippen molar-refractivity contribution in [2.45, 2.75) is 44.7 Å². The van der Waals surface area contributed by atoms with Crippen molar-refractivity contribution in [2.24, 2.45) is 0 Å². The van der Waals surface area contributed by atoms with Crippen LogP contribution in [0.15, 0.2) is 47.3 Å². The number of hydrogen-bond acceptors (Lipinski definition) is 3. The molecule has 0 bridgehead atoms. The van der Waals surface area contributed by atoms with E-state index in [4.69, 9.17) is 0 Å². The lowest BCUT2D eigenvalue weighted by atomic mass is 9.94. The summed E-state index contributed by atoms with van der Waals surface area (Å²) in [6.45, 7) is 0.369. The van der Waals surface area contributed by atoms with Crippen LogP contribution in [0.4, 0.5) is 0 Å². The summed E-state index contributed by atoms with van der Waals surface area (Å²) < 4.78 is 1.36. The average Bonchev–Trinajstić information content (AvgIpc) is 2.64. The minimum absolute atomic E-state index is 0.108. The van der Waals surface area contributed by atoms with Gasteiger partial charge in [0, 0.05) is 19.2 Å². The van der Waals surface area contributed by atoms with Crippen LogP contribution in [-0.4, -0.2) is 33.7 Å². The van der Waals surface area contributed by atoms with E-state index in [9.17, 15) is 9.59 Å². The summed E-state index contributed by atoms with van der Waals surface area (Å²) >= 11 is 0. The smallest absolute Gasteiger partial charge is 0.274 e. The molecule has 2 aromatic rings. The highest BCUT2D eigenvalue weighted by molar-refractivity contribution is 5.92. The summed E-state index contributed by atoms with van der Waals surface area (Å²) in [6.07, 6.45) is 5.68. The van der Waals surface area contributed by atoms with E-state index in [1.54, 1.807) is 4.90 Å². The molecule has 3 rings (SSSR count). The number of carbonyl (C=O) groups excluding carboxylic acids is 1. The Bertz CT molecular complexity index is 749. The first kappa shape index (κ1) is 16.4. The number of carbonyl (C=O) groups is 1. The number of benzene rings is 1. The van der Waals surface area contributed by atoms with Crippen molar-refractivity contribution in [3.63, 3.8) is 0 Å². The molecule has 1 heterocycles. The molecule has 0 unspecified atom stereocenters. The van der Waals surface area contributed by atoms with Crippen molar-refractivity contribution < 1.29 is 4.79 Å². The van der Waals surface area contributed by atoms with Crippen molar-refractivity contribution in [3.05, 3.63) is 64.1 Å². The highest BCUT2D eigenvalue weighted by Crippen LogP contribution is 2.22. The topological polar surface area (TPSA) is 55.2 Å². The second-order valence-corrected chi connectivity index (χ2v) is 6.41. The van der Waals surface area contributed by atoms with Gasteiger partial charge in [-0.3, -0.25) is 9.59 Å². The van der Waals surface area contributed by atoms with Gasteiger partial charge in [-0.25, -0.2) is 4.68 Å². The maximum absolute atomic E-state index is 12.7. The Morgan fingerprint density at radius 2 is 1.83 bits per heavy atom. The fourth-order valence-electron chi connectivity index (χ4n) is 3.25. The second kappa shape index (κ2) is 7.43. The second-order valence-electron chi connectivity index (χ2n) is 6.41. The monoisotopic (exact) mass is 325 g/mol. The molecule has 0 radical (unpaired) electrons. The van der Waals surface area contributed by atoms with Crippen LogP contribution in [-0.2, 0) is 6.54 Å². The van der Waals surface area contributed by atoms with Gasteiger partial charge < -0.3 is 4.90 Å². The Morgan fingerprint density at radius 3 is 2.54 bits per heavy atom. The van der Waals surface area contributed by atoms with Crippen LogP contribution >= 0.6 is 0 Å². The highest BCUT2D eigenvalue weighted by atomic mass is 16.2. The molecule has 1 aromatic heterocycles. The molecule has 1 saturated carbocycles. The van der Waals surface area contributed by atoms with Gasteiger partial charge in [0.05, 0.1) is 6.54 Å². The number of rotatable bonds is 4. The van der Waals surface area contributed by atoms with Crippen LogP contribution in [0.5, 0.6) is 0 Å². The van der Waals surface area contributed by atoms with Gasteiger partial charge in [-0.15, -0.1) is 0 Å². The predicted octanol–water partition coefficient (Wildman–Crippen LogP) is 2.70. The summed E-state index contributed by atoms with van der Waals surface area (Å²) in [6, 6.07) is 12.9. The first-order valence-electron chi connectivity index (χ1n) is 8.54. The fraction of sp³-hybridized carbons (Fsp3) is 0.421. The lowest BCUT2D eigenvalue weighted by molar-refractivity contribution is 0.0687. The van der Waals surface area contributed by atoms with Crippen molar-refractivity contribution in [1.82, 2.24) is 14.7 Å². The van der Waals surface area contributed by atoms with Crippen molar-refractivity contribution in [2.75, 3.05) is 7.05 Å². The van der Waals surface area contributed by atoms with E-state index >= 15 is 0 Å². The zero-order chi connectivity index (χ0) is 16.9. The van der Waals surface area contributed by atoms with Crippen LogP contribution in [0.25, 0.3) is 0 Å². The molecular weight excluding hydrogens is 302 g/mol. The maximum Gasteiger partial charge on any atom is 0.274 e. The largest absolute Gasteiger partial charge is 0.337 e. The quantitative estimate of drug-likeness (QED) is 0.868. The Labute approximate surface area is 141 Å². The van der Waals surface area contributed by atoms with Crippen LogP contribution in [0.1, 0.15) is 48.2 Å². The van der Waals surface area contributed by atoms with Gasteiger partial charge in [-0.05, 0) is 24.5 Å². The number of nitrogens with zero attached hydrogens (tertiary/aromatic N) is 3. The Kier molecular flexibility index (Phi) is 5.08. The van der Waals surface area contributed by atoms with E-state index in [0.29, 0.717) is 12.2 Å². The Balaban J connectivity index is 1.79. The predicted molar refractivity (Wildman–Crippen MR) is 93.0 cm³/mol. The van der Waals surface area contributed by atoms with E-state index < -0.39 is 0 Å². The van der Waals surface area contributed by atoms with Gasteiger partial charge in [0.1, 0.15) is 5.69 Å². The van der Waals surface area contributed by atoms with Crippen LogP contribution in [0.3, 0.4) is 0 Å². The van der Waals surface area contributed by atoms with Crippen LogP contribution < -0.4 is 5.56 Å². The van der Waals surface area contributed by atoms with Crippen LogP contribution in [0.2, 0.25) is 0 Å². The molecule has 1 aromatic carbocycles. The normalized spacial score (nSPS) is 15.2. The molecule has 1 aliphatic carbocycles. The van der Waals surface area contributed by atoms with E-state index in [1.807, 2.05) is 37.4 Å². The summed E-state index contributed by atoms with van der Waals surface area (Å²) in [5.74, 6) is -0.108. The van der Waals surface area contributed by atoms with Gasteiger partial charge in [-0.2, -0.15) is 5.10 Å². The highest BCUT2D eigenvalue weighted by Gasteiger charge is 2.24. The fourth-order valence-corrected chi connectivity index (χ4v) is 3.25. The Hall–Kier alpha value is -2.43. The third-order valence-corrected chi connectivity index (χ3v) is 4.70. The minimum Gasteiger partial charge on any atom is -0.337 e. The molecule has 0 N–H and O–H groups in total. The summed E-state index contributed by atoms with van der Waals surface area (Å²) in [7, 11) is 1.84. The van der Waals surface area contributed by atoms with Crippen molar-refractivity contribution in [3.8, 4) is 0 Å². The average molecular weight is 325 g/mol. The number of hydrogen-bond donors (Lipinski definition) is 0. The van der Waals surface area contributed by atoms with Gasteiger partial charge >= 0.3 is 0 Å². The SMILES string of the molecule is CN(C(=O)c1ccc(=O)n(Cc2ccccc2)n1)C1CCCCC1. The minimum atomic E-state index is -0.198. The van der Waals surface area contributed by atoms with E-state index in [-0.39, 0.29) is 17.5 Å². The number of amides is 1. The molecule has 1 fully saturated rings. The first-order chi connectivity index (χ1) is 11.6. The molecule has 1 amide bonds. The van der Waals surface area contributed by atoms with Crippen molar-refractivity contribution >= 4 is 5.91 Å². The van der Waals surface area contributed by atoms with Gasteiger partial charge in [0.15, 0.2) is 0 Å². The molecular formula is C19H23N3O2. The van der Waals surface area contributed by atoms with Crippen LogP contribution in [0, 0.1) is 0 Å². The molecule has 5 heteroatoms. The molecule has 24 heavy (non-hydrogen) atoms. The zero-order valence-electron chi connectivity index (χ0n) is 14.0. The summed E-state index contributed by atoms with van der Waals surface area (Å²) in [5, 5.41) is 4.30. The molecule has 0 spiro atoms. The van der Waals surface area contributed by atoms with E-state index in [0.717, 1.165) is 18.4 Å². The van der Waals surface area contributed by atoms with Gasteiger partial charge in [0.2, 0.25) is 0 Å². The molecule has 0 atom stereocenters. The third-order valence-electron chi connectivity index (χ3n) is 4.70. The molecule has 5 nitrogen and oxygen atoms in total. The molecule has 126 valence electrons. The van der Waals surface area contributed by atoms with Crippen molar-refractivity contribution in [1.29, 1.82) is 0 Å². The standard InChI is InChI=1S/C19H23N3O2/c1-21(16-10-6-3-7-11-16)19(24)17-12-13-18(23)22(20-17)14-15-8-4-2-5-9-15/h2,4-5,8-9,12-13,16H,3,6-7,10-11,14H2,1H3. The third kappa shape index (κ3) is 3.72. The number of aromatic nitrogens is 2.